The number of carboxylic acids is 1. The maximum atomic E-state index is 12.1. The summed E-state index contributed by atoms with van der Waals surface area (Å²) in [5.74, 6) is -0.0964. The average molecular weight is 308 g/mol. The lowest BCUT2D eigenvalue weighted by Gasteiger charge is -2.20. The minimum absolute atomic E-state index is 0.353. The number of nitrogens with zero attached hydrogens (tertiary/aromatic N) is 1. The van der Waals surface area contributed by atoms with Gasteiger partial charge in [0.25, 0.3) is 0 Å². The van der Waals surface area contributed by atoms with Crippen molar-refractivity contribution < 1.29 is 14.7 Å². The van der Waals surface area contributed by atoms with E-state index in [2.05, 4.69) is 12.2 Å². The van der Waals surface area contributed by atoms with E-state index >= 15 is 0 Å². The monoisotopic (exact) mass is 308 g/mol. The quantitative estimate of drug-likeness (QED) is 0.877. The second-order valence-electron chi connectivity index (χ2n) is 5.05. The van der Waals surface area contributed by atoms with Crippen LogP contribution in [-0.2, 0) is 11.2 Å². The molecule has 1 saturated heterocycles. The Morgan fingerprint density at radius 2 is 2.10 bits per heavy atom. The SMILES string of the molecule is CCCCc1ccc(NC(=O)N2CSCC2C(=O)O)cc1. The van der Waals surface area contributed by atoms with E-state index in [0.717, 1.165) is 19.3 Å². The van der Waals surface area contributed by atoms with Crippen molar-refractivity contribution in [1.29, 1.82) is 0 Å². The molecule has 0 saturated carbocycles. The normalized spacial score (nSPS) is 17.8. The molecule has 2 rings (SSSR count). The van der Waals surface area contributed by atoms with Crippen LogP contribution in [0.3, 0.4) is 0 Å². The van der Waals surface area contributed by atoms with Crippen LogP contribution in [0, 0.1) is 0 Å². The molecule has 1 atom stereocenters. The number of unbranched alkanes of at least 4 members (excludes halogenated alkanes) is 1. The Morgan fingerprint density at radius 3 is 2.71 bits per heavy atom. The van der Waals surface area contributed by atoms with Crippen molar-refractivity contribution in [3.05, 3.63) is 29.8 Å². The summed E-state index contributed by atoms with van der Waals surface area (Å²) in [5.41, 5.74) is 1.94. The molecule has 1 aliphatic heterocycles. The largest absolute Gasteiger partial charge is 0.480 e. The fourth-order valence-corrected chi connectivity index (χ4v) is 3.32. The highest BCUT2D eigenvalue weighted by atomic mass is 32.2. The first-order valence-electron chi connectivity index (χ1n) is 7.09. The van der Waals surface area contributed by atoms with Crippen LogP contribution in [0.4, 0.5) is 10.5 Å². The summed E-state index contributed by atoms with van der Waals surface area (Å²) >= 11 is 1.45. The number of carbonyl (C=O) groups is 2. The van der Waals surface area contributed by atoms with Crippen LogP contribution in [0.5, 0.6) is 0 Å². The summed E-state index contributed by atoms with van der Waals surface area (Å²) in [6.07, 6.45) is 3.34. The number of aryl methyl sites for hydroxylation is 1. The van der Waals surface area contributed by atoms with Gasteiger partial charge in [-0.1, -0.05) is 25.5 Å². The predicted molar refractivity (Wildman–Crippen MR) is 84.7 cm³/mol. The number of thioether (sulfide) groups is 1. The van der Waals surface area contributed by atoms with Crippen molar-refractivity contribution in [3.8, 4) is 0 Å². The highest BCUT2D eigenvalue weighted by molar-refractivity contribution is 7.99. The average Bonchev–Trinajstić information content (AvgIpc) is 2.96. The first kappa shape index (κ1) is 15.7. The highest BCUT2D eigenvalue weighted by Gasteiger charge is 2.34. The van der Waals surface area contributed by atoms with Gasteiger partial charge in [0, 0.05) is 11.4 Å². The van der Waals surface area contributed by atoms with Gasteiger partial charge in [-0.2, -0.15) is 0 Å². The predicted octanol–water partition coefficient (Wildman–Crippen LogP) is 3.02. The summed E-state index contributed by atoms with van der Waals surface area (Å²) in [6.45, 7) is 2.15. The first-order chi connectivity index (χ1) is 10.1. The van der Waals surface area contributed by atoms with Gasteiger partial charge in [0.05, 0.1) is 5.88 Å². The number of nitrogens with one attached hydrogen (secondary N) is 1. The van der Waals surface area contributed by atoms with Crippen LogP contribution in [0.1, 0.15) is 25.3 Å². The zero-order valence-electron chi connectivity index (χ0n) is 12.0. The molecule has 114 valence electrons. The molecule has 1 aliphatic rings. The Kier molecular flexibility index (Phi) is 5.50. The van der Waals surface area contributed by atoms with E-state index in [9.17, 15) is 9.59 Å². The van der Waals surface area contributed by atoms with Crippen LogP contribution in [0.25, 0.3) is 0 Å². The lowest BCUT2D eigenvalue weighted by Crippen LogP contribution is -2.43. The molecule has 0 spiro atoms. The molecule has 1 aromatic rings. The zero-order chi connectivity index (χ0) is 15.2. The van der Waals surface area contributed by atoms with Gasteiger partial charge >= 0.3 is 12.0 Å². The number of benzene rings is 1. The number of carbonyl (C=O) groups excluding carboxylic acids is 1. The maximum Gasteiger partial charge on any atom is 0.327 e. The third-order valence-electron chi connectivity index (χ3n) is 3.45. The molecule has 1 unspecified atom stereocenters. The summed E-state index contributed by atoms with van der Waals surface area (Å²) in [5, 5.41) is 11.8. The van der Waals surface area contributed by atoms with Crippen LogP contribution >= 0.6 is 11.8 Å². The lowest BCUT2D eigenvalue weighted by atomic mass is 10.1. The van der Waals surface area contributed by atoms with Crippen molar-refractivity contribution in [2.75, 3.05) is 16.9 Å². The summed E-state index contributed by atoms with van der Waals surface area (Å²) in [7, 11) is 0. The fraction of sp³-hybridized carbons (Fsp3) is 0.467. The molecular formula is C15H20N2O3S. The minimum atomic E-state index is -0.954. The number of hydrogen-bond acceptors (Lipinski definition) is 3. The molecule has 0 aromatic heterocycles. The van der Waals surface area contributed by atoms with Gasteiger partial charge in [0.15, 0.2) is 0 Å². The molecule has 1 aromatic carbocycles. The molecule has 6 heteroatoms. The lowest BCUT2D eigenvalue weighted by molar-refractivity contribution is -0.140. The zero-order valence-corrected chi connectivity index (χ0v) is 12.9. The second-order valence-corrected chi connectivity index (χ2v) is 6.05. The highest BCUT2D eigenvalue weighted by Crippen LogP contribution is 2.22. The standard InChI is InChI=1S/C15H20N2O3S/c1-2-3-4-11-5-7-12(8-6-11)16-15(20)17-10-21-9-13(17)14(18)19/h5-8,13H,2-4,9-10H2,1H3,(H,16,20)(H,18,19). The van der Waals surface area contributed by atoms with Gasteiger partial charge in [-0.3, -0.25) is 0 Å². The summed E-state index contributed by atoms with van der Waals surface area (Å²) in [6, 6.07) is 6.63. The number of anilines is 1. The van der Waals surface area contributed by atoms with E-state index in [1.165, 1.54) is 22.2 Å². The molecule has 1 heterocycles. The molecule has 0 aliphatic carbocycles. The number of hydrogen-bond donors (Lipinski definition) is 2. The molecule has 0 radical (unpaired) electrons. The number of urea groups is 1. The molecule has 2 N–H and O–H groups in total. The van der Waals surface area contributed by atoms with Crippen molar-refractivity contribution >= 4 is 29.4 Å². The van der Waals surface area contributed by atoms with Crippen LogP contribution in [0.15, 0.2) is 24.3 Å². The summed E-state index contributed by atoms with van der Waals surface area (Å²) in [4.78, 5) is 24.6. The smallest absolute Gasteiger partial charge is 0.327 e. The van der Waals surface area contributed by atoms with E-state index in [0.29, 0.717) is 17.3 Å². The molecular weight excluding hydrogens is 288 g/mol. The Labute approximate surface area is 128 Å². The van der Waals surface area contributed by atoms with Crippen molar-refractivity contribution in [1.82, 2.24) is 4.90 Å². The van der Waals surface area contributed by atoms with E-state index in [1.807, 2.05) is 24.3 Å². The van der Waals surface area contributed by atoms with Crippen LogP contribution in [0.2, 0.25) is 0 Å². The van der Waals surface area contributed by atoms with E-state index in [1.54, 1.807) is 0 Å². The number of carboxylic acid groups (broad SMARTS) is 1. The second kappa shape index (κ2) is 7.36. The minimum Gasteiger partial charge on any atom is -0.480 e. The fourth-order valence-electron chi connectivity index (χ4n) is 2.18. The van der Waals surface area contributed by atoms with Gasteiger partial charge in [0.1, 0.15) is 6.04 Å². The van der Waals surface area contributed by atoms with Gasteiger partial charge < -0.3 is 15.3 Å². The maximum absolute atomic E-state index is 12.1. The number of aliphatic carboxylic acids is 1. The first-order valence-corrected chi connectivity index (χ1v) is 8.24. The molecule has 21 heavy (non-hydrogen) atoms. The van der Waals surface area contributed by atoms with Crippen LogP contribution < -0.4 is 5.32 Å². The molecule has 2 amide bonds. The van der Waals surface area contributed by atoms with Crippen molar-refractivity contribution in [2.24, 2.45) is 0 Å². The topological polar surface area (TPSA) is 69.6 Å². The van der Waals surface area contributed by atoms with Gasteiger partial charge in [-0.25, -0.2) is 9.59 Å². The Balaban J connectivity index is 1.94. The van der Waals surface area contributed by atoms with Crippen LogP contribution in [-0.4, -0.2) is 39.7 Å². The van der Waals surface area contributed by atoms with Gasteiger partial charge in [0.2, 0.25) is 0 Å². The Hall–Kier alpha value is -1.69. The molecule has 0 bridgehead atoms. The van der Waals surface area contributed by atoms with Crippen molar-refractivity contribution in [2.45, 2.75) is 32.2 Å². The Morgan fingerprint density at radius 1 is 1.38 bits per heavy atom. The van der Waals surface area contributed by atoms with E-state index < -0.39 is 12.0 Å². The van der Waals surface area contributed by atoms with E-state index in [-0.39, 0.29) is 6.03 Å². The number of amides is 2. The summed E-state index contributed by atoms with van der Waals surface area (Å²) < 4.78 is 0. The van der Waals surface area contributed by atoms with Crippen molar-refractivity contribution in [3.63, 3.8) is 0 Å². The van der Waals surface area contributed by atoms with Gasteiger partial charge in [-0.05, 0) is 30.5 Å². The van der Waals surface area contributed by atoms with Gasteiger partial charge in [-0.15, -0.1) is 11.8 Å². The van der Waals surface area contributed by atoms with E-state index in [4.69, 9.17) is 5.11 Å². The number of rotatable bonds is 5. The third kappa shape index (κ3) is 4.14. The molecule has 1 fully saturated rings. The molecule has 5 nitrogen and oxygen atoms in total. The third-order valence-corrected chi connectivity index (χ3v) is 4.46. The Bertz CT molecular complexity index is 504.